The third-order valence-corrected chi connectivity index (χ3v) is 3.13. The van der Waals surface area contributed by atoms with Crippen LogP contribution >= 0.6 is 24.4 Å². The van der Waals surface area contributed by atoms with Gasteiger partial charge in [0.25, 0.3) is 5.91 Å². The summed E-state index contributed by atoms with van der Waals surface area (Å²) in [5.74, 6) is -0.583. The average Bonchev–Trinajstić information content (AvgIpc) is 2.26. The zero-order valence-electron chi connectivity index (χ0n) is 9.54. The van der Waals surface area contributed by atoms with Gasteiger partial charge in [-0.05, 0) is 36.4 Å². The molecule has 1 rings (SSSR count). The van der Waals surface area contributed by atoms with Gasteiger partial charge in [-0.25, -0.2) is 0 Å². The van der Waals surface area contributed by atoms with E-state index in [9.17, 15) is 18.0 Å². The number of halogens is 3. The number of alkyl halides is 3. The van der Waals surface area contributed by atoms with Crippen LogP contribution in [-0.2, 0) is 0 Å². The van der Waals surface area contributed by atoms with Gasteiger partial charge in [0.15, 0.2) is 0 Å². The first-order chi connectivity index (χ1) is 8.29. The number of aryl methyl sites for hydroxylation is 1. The van der Waals surface area contributed by atoms with Gasteiger partial charge in [-0.1, -0.05) is 6.07 Å². The molecule has 0 aromatic heterocycles. The van der Waals surface area contributed by atoms with Crippen LogP contribution in [0.1, 0.15) is 15.9 Å². The van der Waals surface area contributed by atoms with Crippen LogP contribution in [0.4, 0.5) is 13.2 Å². The Balaban J connectivity index is 2.48. The molecular formula is C11H12F3NOS2. The molecule has 1 amide bonds. The van der Waals surface area contributed by atoms with Crippen molar-refractivity contribution in [2.45, 2.75) is 17.3 Å². The molecule has 100 valence electrons. The monoisotopic (exact) mass is 295 g/mol. The van der Waals surface area contributed by atoms with Crippen LogP contribution in [0.25, 0.3) is 0 Å². The van der Waals surface area contributed by atoms with Gasteiger partial charge in [0.05, 0.1) is 0 Å². The largest absolute Gasteiger partial charge is 0.441 e. The highest BCUT2D eigenvalue weighted by molar-refractivity contribution is 8.00. The molecule has 0 heterocycles. The first-order valence-electron chi connectivity index (χ1n) is 5.08. The van der Waals surface area contributed by atoms with Crippen molar-refractivity contribution < 1.29 is 18.0 Å². The van der Waals surface area contributed by atoms with E-state index in [1.54, 1.807) is 25.1 Å². The molecule has 1 aromatic rings. The lowest BCUT2D eigenvalue weighted by Gasteiger charge is -2.09. The number of hydrogen-bond donors (Lipinski definition) is 2. The number of thiol groups is 1. The van der Waals surface area contributed by atoms with E-state index in [4.69, 9.17) is 0 Å². The molecule has 7 heteroatoms. The van der Waals surface area contributed by atoms with Gasteiger partial charge in [0.2, 0.25) is 0 Å². The van der Waals surface area contributed by atoms with Crippen LogP contribution in [0, 0.1) is 6.92 Å². The maximum atomic E-state index is 11.9. The molecule has 18 heavy (non-hydrogen) atoms. The van der Waals surface area contributed by atoms with Crippen LogP contribution in [0.5, 0.6) is 0 Å². The first kappa shape index (κ1) is 15.2. The van der Waals surface area contributed by atoms with Crippen molar-refractivity contribution in [1.82, 2.24) is 5.32 Å². The van der Waals surface area contributed by atoms with E-state index in [1.807, 2.05) is 0 Å². The molecule has 0 radical (unpaired) electrons. The summed E-state index contributed by atoms with van der Waals surface area (Å²) < 4.78 is 35.6. The molecule has 0 atom stereocenters. The highest BCUT2D eigenvalue weighted by Gasteiger charge is 2.27. The minimum atomic E-state index is -4.26. The van der Waals surface area contributed by atoms with Gasteiger partial charge in [0.1, 0.15) is 0 Å². The first-order valence-corrected chi connectivity index (χ1v) is 6.51. The summed E-state index contributed by atoms with van der Waals surface area (Å²) in [6, 6.07) is 5.07. The molecule has 0 aliphatic carbocycles. The highest BCUT2D eigenvalue weighted by Crippen LogP contribution is 2.29. The Hall–Kier alpha value is -0.820. The standard InChI is InChI=1S/C11H12F3NOS2/c1-7-2-3-8(17)6-9(7)10(16)15-4-5-18-11(12,13)14/h2-3,6,17H,4-5H2,1H3,(H,15,16). The Bertz CT molecular complexity index is 435. The number of hydrogen-bond acceptors (Lipinski definition) is 3. The third-order valence-electron chi connectivity index (χ3n) is 2.12. The molecular weight excluding hydrogens is 283 g/mol. The molecule has 0 aliphatic heterocycles. The molecule has 0 spiro atoms. The SMILES string of the molecule is Cc1ccc(S)cc1C(=O)NCCSC(F)(F)F. The van der Waals surface area contributed by atoms with Gasteiger partial charge in [-0.15, -0.1) is 12.6 Å². The van der Waals surface area contributed by atoms with Crippen molar-refractivity contribution in [2.75, 3.05) is 12.3 Å². The third kappa shape index (κ3) is 5.22. The van der Waals surface area contributed by atoms with Crippen molar-refractivity contribution in [3.05, 3.63) is 29.3 Å². The lowest BCUT2D eigenvalue weighted by molar-refractivity contribution is -0.0327. The number of carbonyl (C=O) groups is 1. The summed E-state index contributed by atoms with van der Waals surface area (Å²) in [5.41, 5.74) is -3.07. The second-order valence-electron chi connectivity index (χ2n) is 3.55. The van der Waals surface area contributed by atoms with Crippen molar-refractivity contribution in [1.29, 1.82) is 0 Å². The predicted octanol–water partition coefficient (Wildman–Crippen LogP) is 3.27. The number of thioether (sulfide) groups is 1. The van der Waals surface area contributed by atoms with E-state index in [0.717, 1.165) is 5.56 Å². The maximum Gasteiger partial charge on any atom is 0.441 e. The van der Waals surface area contributed by atoms with Gasteiger partial charge in [-0.2, -0.15) is 13.2 Å². The van der Waals surface area contributed by atoms with E-state index in [0.29, 0.717) is 10.5 Å². The molecule has 0 fully saturated rings. The lowest BCUT2D eigenvalue weighted by Crippen LogP contribution is -2.27. The summed E-state index contributed by atoms with van der Waals surface area (Å²) in [6.45, 7) is 1.73. The second kappa shape index (κ2) is 6.38. The van der Waals surface area contributed by atoms with Crippen molar-refractivity contribution in [3.8, 4) is 0 Å². The van der Waals surface area contributed by atoms with E-state index >= 15 is 0 Å². The van der Waals surface area contributed by atoms with E-state index < -0.39 is 5.51 Å². The fraction of sp³-hybridized carbons (Fsp3) is 0.364. The summed E-state index contributed by atoms with van der Waals surface area (Å²) in [4.78, 5) is 12.3. The van der Waals surface area contributed by atoms with Crippen molar-refractivity contribution in [2.24, 2.45) is 0 Å². The molecule has 0 saturated carbocycles. The highest BCUT2D eigenvalue weighted by atomic mass is 32.2. The molecule has 2 nitrogen and oxygen atoms in total. The molecule has 0 aliphatic rings. The Morgan fingerprint density at radius 2 is 2.11 bits per heavy atom. The minimum Gasteiger partial charge on any atom is -0.351 e. The van der Waals surface area contributed by atoms with Crippen molar-refractivity contribution in [3.63, 3.8) is 0 Å². The summed E-state index contributed by atoms with van der Waals surface area (Å²) in [6.07, 6.45) is 0. The van der Waals surface area contributed by atoms with Gasteiger partial charge in [-0.3, -0.25) is 4.79 Å². The van der Waals surface area contributed by atoms with Crippen LogP contribution < -0.4 is 5.32 Å². The fourth-order valence-electron chi connectivity index (χ4n) is 1.28. The average molecular weight is 295 g/mol. The minimum absolute atomic E-state index is 0.0285. The second-order valence-corrected chi connectivity index (χ2v) is 5.23. The zero-order valence-corrected chi connectivity index (χ0v) is 11.3. The Morgan fingerprint density at radius 1 is 1.44 bits per heavy atom. The smallest absolute Gasteiger partial charge is 0.351 e. The summed E-state index contributed by atoms with van der Waals surface area (Å²) in [7, 11) is 0. The molecule has 1 aromatic carbocycles. The molecule has 1 N–H and O–H groups in total. The maximum absolute atomic E-state index is 11.9. The lowest BCUT2D eigenvalue weighted by atomic mass is 10.1. The van der Waals surface area contributed by atoms with Gasteiger partial charge >= 0.3 is 5.51 Å². The van der Waals surface area contributed by atoms with Gasteiger partial charge in [0, 0.05) is 22.8 Å². The quantitative estimate of drug-likeness (QED) is 0.659. The number of rotatable bonds is 4. The molecule has 0 saturated heterocycles. The predicted molar refractivity (Wildman–Crippen MR) is 69.3 cm³/mol. The Kier molecular flexibility index (Phi) is 5.40. The fourth-order valence-corrected chi connectivity index (χ4v) is 1.92. The topological polar surface area (TPSA) is 29.1 Å². The Labute approximate surface area is 113 Å². The summed E-state index contributed by atoms with van der Waals surface area (Å²) >= 11 is 3.96. The molecule has 0 bridgehead atoms. The number of nitrogens with one attached hydrogen (secondary N) is 1. The number of amides is 1. The zero-order chi connectivity index (χ0) is 13.8. The van der Waals surface area contributed by atoms with E-state index in [-0.39, 0.29) is 30.0 Å². The van der Waals surface area contributed by atoms with Gasteiger partial charge < -0.3 is 5.32 Å². The number of carbonyl (C=O) groups excluding carboxylic acids is 1. The van der Waals surface area contributed by atoms with E-state index in [2.05, 4.69) is 17.9 Å². The van der Waals surface area contributed by atoms with Crippen LogP contribution in [0.3, 0.4) is 0 Å². The Morgan fingerprint density at radius 3 is 2.72 bits per heavy atom. The molecule has 0 unspecified atom stereocenters. The van der Waals surface area contributed by atoms with Crippen molar-refractivity contribution >= 4 is 30.3 Å². The summed E-state index contributed by atoms with van der Waals surface area (Å²) in [5, 5.41) is 2.45. The van der Waals surface area contributed by atoms with Crippen LogP contribution in [0.2, 0.25) is 0 Å². The normalized spacial score (nSPS) is 11.4. The van der Waals surface area contributed by atoms with Crippen LogP contribution in [0.15, 0.2) is 23.1 Å². The number of benzene rings is 1. The van der Waals surface area contributed by atoms with E-state index in [1.165, 1.54) is 0 Å². The van der Waals surface area contributed by atoms with Crippen LogP contribution in [-0.4, -0.2) is 23.7 Å².